The van der Waals surface area contributed by atoms with Crippen LogP contribution in [-0.2, 0) is 4.74 Å². The molecule has 1 N–H and O–H groups in total. The second-order valence-electron chi connectivity index (χ2n) is 8.09. The summed E-state index contributed by atoms with van der Waals surface area (Å²) in [6, 6.07) is 22.4. The summed E-state index contributed by atoms with van der Waals surface area (Å²) in [4.78, 5) is 4.58. The van der Waals surface area contributed by atoms with Crippen LogP contribution in [0.3, 0.4) is 0 Å². The van der Waals surface area contributed by atoms with Gasteiger partial charge in [-0.05, 0) is 47.5 Å². The molecule has 3 aromatic carbocycles. The van der Waals surface area contributed by atoms with Gasteiger partial charge in [0.2, 0.25) is 0 Å². The van der Waals surface area contributed by atoms with Gasteiger partial charge in [0.05, 0.1) is 12.7 Å². The molecule has 1 unspecified atom stereocenters. The molecule has 0 aliphatic carbocycles. The van der Waals surface area contributed by atoms with Crippen molar-refractivity contribution in [3.8, 4) is 0 Å². The number of hydrogen-bond donors (Lipinski definition) is 1. The molecule has 1 saturated heterocycles. The third kappa shape index (κ3) is 5.91. The summed E-state index contributed by atoms with van der Waals surface area (Å²) >= 11 is 0. The Labute approximate surface area is 187 Å². The van der Waals surface area contributed by atoms with E-state index in [1.54, 1.807) is 24.3 Å². The lowest BCUT2D eigenvalue weighted by Gasteiger charge is -2.37. The maximum Gasteiger partial charge on any atom is 0.123 e. The Balaban J connectivity index is 1.33. The molecule has 3 aromatic rings. The second kappa shape index (κ2) is 10.7. The van der Waals surface area contributed by atoms with Crippen LogP contribution in [0.4, 0.5) is 14.5 Å². The van der Waals surface area contributed by atoms with E-state index in [9.17, 15) is 13.9 Å². The first-order valence-corrected chi connectivity index (χ1v) is 10.9. The van der Waals surface area contributed by atoms with Crippen molar-refractivity contribution in [3.63, 3.8) is 0 Å². The Morgan fingerprint density at radius 2 is 1.28 bits per heavy atom. The van der Waals surface area contributed by atoms with Gasteiger partial charge in [0, 0.05) is 38.4 Å². The van der Waals surface area contributed by atoms with E-state index < -0.39 is 12.2 Å². The van der Waals surface area contributed by atoms with Crippen molar-refractivity contribution in [1.29, 1.82) is 0 Å². The number of aliphatic hydroxyl groups excluding tert-OH is 1. The summed E-state index contributed by atoms with van der Waals surface area (Å²) in [6.07, 6.45) is -1.18. The fourth-order valence-electron chi connectivity index (χ4n) is 4.05. The van der Waals surface area contributed by atoms with Crippen molar-refractivity contribution >= 4 is 5.69 Å². The van der Waals surface area contributed by atoms with E-state index in [0.717, 1.165) is 37.3 Å². The highest BCUT2D eigenvalue weighted by molar-refractivity contribution is 5.46. The van der Waals surface area contributed by atoms with Crippen molar-refractivity contribution in [2.75, 3.05) is 44.2 Å². The van der Waals surface area contributed by atoms with Crippen molar-refractivity contribution < 1.29 is 18.6 Å². The molecule has 0 spiro atoms. The average molecular weight is 439 g/mol. The van der Waals surface area contributed by atoms with Crippen molar-refractivity contribution in [3.05, 3.63) is 102 Å². The van der Waals surface area contributed by atoms with Crippen molar-refractivity contribution in [2.24, 2.45) is 0 Å². The molecule has 0 saturated carbocycles. The first-order chi connectivity index (χ1) is 15.6. The van der Waals surface area contributed by atoms with E-state index in [-0.39, 0.29) is 18.2 Å². The van der Waals surface area contributed by atoms with Crippen LogP contribution in [-0.4, -0.2) is 55.4 Å². The minimum atomic E-state index is -0.665. The highest BCUT2D eigenvalue weighted by atomic mass is 19.1. The van der Waals surface area contributed by atoms with Crippen molar-refractivity contribution in [2.45, 2.75) is 12.2 Å². The van der Waals surface area contributed by atoms with E-state index in [1.807, 2.05) is 18.2 Å². The van der Waals surface area contributed by atoms with Gasteiger partial charge in [-0.25, -0.2) is 8.78 Å². The molecule has 6 heteroatoms. The zero-order valence-corrected chi connectivity index (χ0v) is 17.9. The van der Waals surface area contributed by atoms with E-state index in [4.69, 9.17) is 4.74 Å². The number of β-amino-alcohol motifs (C(OH)–C–C–N with tert-alkyl or cyclic N) is 1. The van der Waals surface area contributed by atoms with Crippen molar-refractivity contribution in [1.82, 2.24) is 4.90 Å². The molecule has 1 aliphatic heterocycles. The number of halogens is 2. The van der Waals surface area contributed by atoms with Crippen LogP contribution in [0.5, 0.6) is 0 Å². The fraction of sp³-hybridized carbons (Fsp3) is 0.308. The third-order valence-electron chi connectivity index (χ3n) is 5.76. The van der Waals surface area contributed by atoms with E-state index in [1.165, 1.54) is 30.0 Å². The van der Waals surface area contributed by atoms with Gasteiger partial charge < -0.3 is 14.7 Å². The average Bonchev–Trinajstić information content (AvgIpc) is 2.82. The number of hydrogen-bond acceptors (Lipinski definition) is 4. The molecule has 1 heterocycles. The Bertz CT molecular complexity index is 914. The van der Waals surface area contributed by atoms with E-state index >= 15 is 0 Å². The summed E-state index contributed by atoms with van der Waals surface area (Å²) < 4.78 is 32.8. The SMILES string of the molecule is OC(COC(c1ccc(F)cc1)c1ccc(F)cc1)CN1CCN(c2ccccc2)CC1. The number of benzene rings is 3. The lowest BCUT2D eigenvalue weighted by atomic mass is 10.0. The number of para-hydroxylation sites is 1. The van der Waals surface area contributed by atoms with Crippen LogP contribution >= 0.6 is 0 Å². The Morgan fingerprint density at radius 1 is 0.750 bits per heavy atom. The van der Waals surface area contributed by atoms with Gasteiger partial charge in [0.25, 0.3) is 0 Å². The maximum absolute atomic E-state index is 13.4. The number of anilines is 1. The minimum Gasteiger partial charge on any atom is -0.389 e. The van der Waals surface area contributed by atoms with E-state index in [2.05, 4.69) is 21.9 Å². The van der Waals surface area contributed by atoms with Crippen LogP contribution in [0.15, 0.2) is 78.9 Å². The van der Waals surface area contributed by atoms with Gasteiger partial charge in [0.1, 0.15) is 17.7 Å². The summed E-state index contributed by atoms with van der Waals surface area (Å²) in [5, 5.41) is 10.6. The number of aliphatic hydroxyl groups is 1. The number of ether oxygens (including phenoxy) is 1. The molecule has 0 radical (unpaired) electrons. The van der Waals surface area contributed by atoms with Gasteiger partial charge in [-0.3, -0.25) is 4.90 Å². The number of piperazine rings is 1. The van der Waals surface area contributed by atoms with Gasteiger partial charge >= 0.3 is 0 Å². The topological polar surface area (TPSA) is 35.9 Å². The summed E-state index contributed by atoms with van der Waals surface area (Å²) in [7, 11) is 0. The van der Waals surface area contributed by atoms with Crippen LogP contribution in [0.2, 0.25) is 0 Å². The summed E-state index contributed by atoms with van der Waals surface area (Å²) in [5.41, 5.74) is 2.72. The lowest BCUT2D eigenvalue weighted by Crippen LogP contribution is -2.49. The zero-order valence-electron chi connectivity index (χ0n) is 17.9. The molecule has 0 bridgehead atoms. The van der Waals surface area contributed by atoms with Gasteiger partial charge in [-0.15, -0.1) is 0 Å². The molecule has 0 aromatic heterocycles. The minimum absolute atomic E-state index is 0.123. The van der Waals surface area contributed by atoms with Crippen LogP contribution in [0, 0.1) is 11.6 Å². The monoisotopic (exact) mass is 438 g/mol. The molecule has 4 nitrogen and oxygen atoms in total. The number of nitrogens with zero attached hydrogens (tertiary/aromatic N) is 2. The first kappa shape index (κ1) is 22.4. The maximum atomic E-state index is 13.4. The Kier molecular flexibility index (Phi) is 7.47. The Hall–Kier alpha value is -2.80. The zero-order chi connectivity index (χ0) is 22.3. The van der Waals surface area contributed by atoms with Gasteiger partial charge in [0.15, 0.2) is 0 Å². The predicted octanol–water partition coefficient (Wildman–Crippen LogP) is 4.25. The molecule has 32 heavy (non-hydrogen) atoms. The number of rotatable bonds is 8. The molecule has 168 valence electrons. The highest BCUT2D eigenvalue weighted by Crippen LogP contribution is 2.27. The predicted molar refractivity (Wildman–Crippen MR) is 122 cm³/mol. The van der Waals surface area contributed by atoms with Gasteiger partial charge in [-0.1, -0.05) is 42.5 Å². The molecule has 1 atom stereocenters. The largest absolute Gasteiger partial charge is 0.389 e. The normalized spacial score (nSPS) is 15.8. The molecular weight excluding hydrogens is 410 g/mol. The summed E-state index contributed by atoms with van der Waals surface area (Å²) in [5.74, 6) is -0.664. The van der Waals surface area contributed by atoms with Crippen LogP contribution < -0.4 is 4.90 Å². The van der Waals surface area contributed by atoms with Gasteiger partial charge in [-0.2, -0.15) is 0 Å². The smallest absolute Gasteiger partial charge is 0.123 e. The van der Waals surface area contributed by atoms with Crippen LogP contribution in [0.25, 0.3) is 0 Å². The second-order valence-corrected chi connectivity index (χ2v) is 8.09. The quantitative estimate of drug-likeness (QED) is 0.570. The molecular formula is C26H28F2N2O2. The standard InChI is InChI=1S/C26H28F2N2O2/c27-22-10-6-20(7-11-22)26(21-8-12-23(28)13-9-21)32-19-25(31)18-29-14-16-30(17-15-29)24-4-2-1-3-5-24/h1-13,25-26,31H,14-19H2. The summed E-state index contributed by atoms with van der Waals surface area (Å²) in [6.45, 7) is 4.19. The fourth-order valence-corrected chi connectivity index (χ4v) is 4.05. The lowest BCUT2D eigenvalue weighted by molar-refractivity contribution is -0.00897. The Morgan fingerprint density at radius 3 is 1.81 bits per heavy atom. The molecule has 4 rings (SSSR count). The molecule has 1 aliphatic rings. The highest BCUT2D eigenvalue weighted by Gasteiger charge is 2.21. The third-order valence-corrected chi connectivity index (χ3v) is 5.76. The molecule has 0 amide bonds. The molecule has 1 fully saturated rings. The van der Waals surface area contributed by atoms with Crippen LogP contribution in [0.1, 0.15) is 17.2 Å². The first-order valence-electron chi connectivity index (χ1n) is 10.9. The van der Waals surface area contributed by atoms with E-state index in [0.29, 0.717) is 6.54 Å².